The molecule has 180 valence electrons. The number of hydrogen-bond acceptors (Lipinski definition) is 2. The first-order valence-electron chi connectivity index (χ1n) is 12.9. The predicted octanol–water partition coefficient (Wildman–Crippen LogP) is 6.84. The fourth-order valence-corrected chi connectivity index (χ4v) is 10.8. The van der Waals surface area contributed by atoms with Crippen molar-refractivity contribution in [1.29, 1.82) is 0 Å². The van der Waals surface area contributed by atoms with Gasteiger partial charge in [0.05, 0.1) is 12.7 Å². The predicted molar refractivity (Wildman–Crippen MR) is 147 cm³/mol. The van der Waals surface area contributed by atoms with E-state index in [2.05, 4.69) is 94.4 Å². The van der Waals surface area contributed by atoms with Gasteiger partial charge in [-0.15, -0.1) is 0 Å². The Morgan fingerprint density at radius 2 is 1.41 bits per heavy atom. The number of benzene rings is 2. The molecule has 0 aliphatic carbocycles. The van der Waals surface area contributed by atoms with E-state index in [1.807, 2.05) is 0 Å². The lowest BCUT2D eigenvalue weighted by Gasteiger charge is -2.41. The largest absolute Gasteiger partial charge is 0.465 e. The summed E-state index contributed by atoms with van der Waals surface area (Å²) in [5.41, 5.74) is 3.30. The fraction of sp³-hybridized carbons (Fsp3) is 0.387. The van der Waals surface area contributed by atoms with E-state index in [0.29, 0.717) is 0 Å². The molecule has 0 aromatic heterocycles. The van der Waals surface area contributed by atoms with Crippen molar-refractivity contribution in [1.82, 2.24) is 0 Å². The number of ether oxygens (including phenoxy) is 1. The molecule has 0 atom stereocenters. The van der Waals surface area contributed by atoms with E-state index in [4.69, 9.17) is 4.74 Å². The molecule has 2 aromatic rings. The highest BCUT2D eigenvalue weighted by Crippen LogP contribution is 2.40. The summed E-state index contributed by atoms with van der Waals surface area (Å²) in [6.45, 7) is 8.92. The Morgan fingerprint density at radius 3 is 1.88 bits per heavy atom. The van der Waals surface area contributed by atoms with E-state index in [1.165, 1.54) is 33.4 Å². The van der Waals surface area contributed by atoms with Gasteiger partial charge in [0.15, 0.2) is 8.07 Å². The number of methoxy groups -OCH3 is 1. The van der Waals surface area contributed by atoms with Crippen molar-refractivity contribution in [2.45, 2.75) is 72.6 Å². The minimum Gasteiger partial charge on any atom is -0.465 e. The molecule has 0 amide bonds. The molecule has 0 radical (unpaired) electrons. The molecule has 2 aromatic carbocycles. The highest BCUT2D eigenvalue weighted by Gasteiger charge is 2.47. The van der Waals surface area contributed by atoms with Gasteiger partial charge < -0.3 is 4.74 Å². The zero-order valence-corrected chi connectivity index (χ0v) is 22.6. The first-order valence-corrected chi connectivity index (χ1v) is 14.9. The summed E-state index contributed by atoms with van der Waals surface area (Å²) in [7, 11) is -1.06. The Labute approximate surface area is 207 Å². The molecule has 0 N–H and O–H groups in total. The Hall–Kier alpha value is -2.65. The number of rotatable bonds is 10. The van der Waals surface area contributed by atoms with Crippen LogP contribution in [0.5, 0.6) is 0 Å². The summed E-state index contributed by atoms with van der Waals surface area (Å²) in [6, 6.07) is 21.8. The lowest BCUT2D eigenvalue weighted by Crippen LogP contribution is -2.63. The van der Waals surface area contributed by atoms with Crippen LogP contribution in [0.15, 0.2) is 93.9 Å². The molecule has 0 saturated heterocycles. The highest BCUT2D eigenvalue weighted by molar-refractivity contribution is 7.12. The van der Waals surface area contributed by atoms with E-state index in [0.717, 1.165) is 56.1 Å². The first kappa shape index (κ1) is 26.0. The molecule has 0 bridgehead atoms. The molecule has 3 heteroatoms. The lowest BCUT2D eigenvalue weighted by atomic mass is 9.93. The Balaban J connectivity index is 2.46. The molecule has 34 heavy (non-hydrogen) atoms. The maximum Gasteiger partial charge on any atom is 0.338 e. The molecule has 0 saturated carbocycles. The van der Waals surface area contributed by atoms with Crippen LogP contribution in [0.2, 0.25) is 0 Å². The van der Waals surface area contributed by atoms with E-state index in [9.17, 15) is 4.79 Å². The quantitative estimate of drug-likeness (QED) is 0.279. The van der Waals surface area contributed by atoms with Crippen LogP contribution in [-0.4, -0.2) is 21.2 Å². The molecule has 1 aliphatic rings. The van der Waals surface area contributed by atoms with Crippen LogP contribution in [0.1, 0.15) is 72.6 Å². The van der Waals surface area contributed by atoms with Crippen molar-refractivity contribution in [2.24, 2.45) is 0 Å². The van der Waals surface area contributed by atoms with Crippen molar-refractivity contribution in [3.05, 3.63) is 93.9 Å². The van der Waals surface area contributed by atoms with Gasteiger partial charge in [-0.25, -0.2) is 4.79 Å². The summed E-state index contributed by atoms with van der Waals surface area (Å²) in [6.07, 6.45) is 10.0. The van der Waals surface area contributed by atoms with Crippen LogP contribution in [0.25, 0.3) is 0 Å². The summed E-state index contributed by atoms with van der Waals surface area (Å²) in [5, 5.41) is 5.40. The fourth-order valence-electron chi connectivity index (χ4n) is 5.49. The molecule has 0 unspecified atom stereocenters. The third kappa shape index (κ3) is 4.90. The van der Waals surface area contributed by atoms with E-state index in [1.54, 1.807) is 0 Å². The molecule has 1 heterocycles. The van der Waals surface area contributed by atoms with Gasteiger partial charge in [-0.05, 0) is 48.6 Å². The number of allylic oxidation sites excluding steroid dienone is 4. The van der Waals surface area contributed by atoms with E-state index >= 15 is 0 Å². The standard InChI is InChI=1S/C31H40O2Si/c1-6-9-17-25(8-3)29-23-28(18-10-7-2)34(26-19-13-11-14-20-26,27-21-15-12-16-22-27)24(4)30(29)31(32)33-5/h11-16,19-23H,6-10,17-18H2,1-5H3/b29-25-. The molecule has 2 nitrogen and oxygen atoms in total. The van der Waals surface area contributed by atoms with Gasteiger partial charge >= 0.3 is 5.97 Å². The Bertz CT molecular complexity index is 1020. The monoisotopic (exact) mass is 472 g/mol. The number of unbranched alkanes of at least 4 members (excludes halogenated alkanes) is 2. The molecule has 0 spiro atoms. The van der Waals surface area contributed by atoms with Gasteiger partial charge in [0.1, 0.15) is 0 Å². The van der Waals surface area contributed by atoms with Crippen LogP contribution < -0.4 is 10.4 Å². The van der Waals surface area contributed by atoms with Gasteiger partial charge in [0, 0.05) is 0 Å². The van der Waals surface area contributed by atoms with Crippen LogP contribution in [-0.2, 0) is 9.53 Å². The van der Waals surface area contributed by atoms with E-state index in [-0.39, 0.29) is 5.97 Å². The smallest absolute Gasteiger partial charge is 0.338 e. The topological polar surface area (TPSA) is 26.3 Å². The second-order valence-corrected chi connectivity index (χ2v) is 13.3. The van der Waals surface area contributed by atoms with Crippen LogP contribution in [0.4, 0.5) is 0 Å². The maximum atomic E-state index is 13.4. The second-order valence-electron chi connectivity index (χ2n) is 9.22. The minimum atomic E-state index is -2.57. The van der Waals surface area contributed by atoms with Crippen molar-refractivity contribution >= 4 is 24.4 Å². The summed E-state index contributed by atoms with van der Waals surface area (Å²) in [4.78, 5) is 13.4. The Morgan fingerprint density at radius 1 is 0.853 bits per heavy atom. The number of carbonyl (C=O) groups excluding carboxylic acids is 1. The molecule has 0 fully saturated rings. The summed E-state index contributed by atoms with van der Waals surface area (Å²) >= 11 is 0. The third-order valence-electron chi connectivity index (χ3n) is 7.25. The zero-order valence-electron chi connectivity index (χ0n) is 21.6. The molecule has 3 rings (SSSR count). The van der Waals surface area contributed by atoms with Gasteiger partial charge in [-0.3, -0.25) is 0 Å². The average molecular weight is 473 g/mol. The van der Waals surface area contributed by atoms with Crippen molar-refractivity contribution < 1.29 is 9.53 Å². The molecular formula is C31H40O2Si. The van der Waals surface area contributed by atoms with Crippen molar-refractivity contribution in [3.63, 3.8) is 0 Å². The zero-order chi connectivity index (χ0) is 24.6. The van der Waals surface area contributed by atoms with Gasteiger partial charge in [0.25, 0.3) is 0 Å². The Kier molecular flexibility index (Phi) is 9.29. The molecule has 1 aliphatic heterocycles. The minimum absolute atomic E-state index is 0.204. The second kappa shape index (κ2) is 12.2. The number of esters is 1. The van der Waals surface area contributed by atoms with Crippen LogP contribution >= 0.6 is 0 Å². The third-order valence-corrected chi connectivity index (χ3v) is 12.4. The average Bonchev–Trinajstić information content (AvgIpc) is 2.88. The van der Waals surface area contributed by atoms with Gasteiger partial charge in [-0.1, -0.05) is 123 Å². The summed E-state index contributed by atoms with van der Waals surface area (Å²) < 4.78 is 5.43. The highest BCUT2D eigenvalue weighted by atomic mass is 28.3. The van der Waals surface area contributed by atoms with Gasteiger partial charge in [0.2, 0.25) is 0 Å². The SMILES string of the molecule is CCCCC1=C/C(=C(\CC)CCCC)C(C(=O)OC)=C(C)[Si]1(c1ccccc1)c1ccccc1. The van der Waals surface area contributed by atoms with Crippen molar-refractivity contribution in [2.75, 3.05) is 7.11 Å². The van der Waals surface area contributed by atoms with E-state index < -0.39 is 8.07 Å². The van der Waals surface area contributed by atoms with Crippen molar-refractivity contribution in [3.8, 4) is 0 Å². The number of carbonyl (C=O) groups is 1. The van der Waals surface area contributed by atoms with Gasteiger partial charge in [-0.2, -0.15) is 0 Å². The van der Waals surface area contributed by atoms with Crippen LogP contribution in [0, 0.1) is 0 Å². The van der Waals surface area contributed by atoms with Crippen LogP contribution in [0.3, 0.4) is 0 Å². The summed E-state index contributed by atoms with van der Waals surface area (Å²) in [5.74, 6) is -0.204. The maximum absolute atomic E-state index is 13.4. The molecular weight excluding hydrogens is 432 g/mol. The lowest BCUT2D eigenvalue weighted by molar-refractivity contribution is -0.135. The number of hydrogen-bond donors (Lipinski definition) is 0. The normalized spacial score (nSPS) is 16.8. The first-order chi connectivity index (χ1) is 16.6.